The molecule has 9 heteroatoms. The average Bonchev–Trinajstić information content (AvgIpc) is 2.66. The normalized spacial score (nSPS) is 10.7. The van der Waals surface area contributed by atoms with Crippen LogP contribution >= 0.6 is 15.9 Å². The minimum atomic E-state index is -2.98. The minimum Gasteiger partial charge on any atom is -0.452 e. The number of hydrogen-bond acceptors (Lipinski definition) is 5. The lowest BCUT2D eigenvalue weighted by Crippen LogP contribution is -2.34. The first-order valence-corrected chi connectivity index (χ1v) is 8.62. The molecule has 1 N–H and O–H groups in total. The zero-order valence-corrected chi connectivity index (χ0v) is 15.8. The van der Waals surface area contributed by atoms with E-state index >= 15 is 0 Å². The lowest BCUT2D eigenvalue weighted by Gasteiger charge is -2.06. The first-order chi connectivity index (χ1) is 13.3. The van der Waals surface area contributed by atoms with Crippen LogP contribution in [0.15, 0.2) is 59.1 Å². The third kappa shape index (κ3) is 7.28. The molecule has 0 bridgehead atoms. The van der Waals surface area contributed by atoms with Crippen LogP contribution in [0.5, 0.6) is 5.75 Å². The van der Waals surface area contributed by atoms with E-state index < -0.39 is 31.0 Å². The van der Waals surface area contributed by atoms with E-state index in [9.17, 15) is 23.2 Å². The summed E-state index contributed by atoms with van der Waals surface area (Å²) >= 11 is 3.29. The molecule has 0 aromatic heterocycles. The van der Waals surface area contributed by atoms with E-state index in [0.29, 0.717) is 0 Å². The highest BCUT2D eigenvalue weighted by atomic mass is 79.9. The number of carbonyl (C=O) groups is 3. The number of benzene rings is 2. The van der Waals surface area contributed by atoms with E-state index in [4.69, 9.17) is 4.74 Å². The third-order valence-electron chi connectivity index (χ3n) is 3.22. The number of alkyl halides is 2. The maximum absolute atomic E-state index is 12.1. The van der Waals surface area contributed by atoms with Crippen LogP contribution in [0.4, 0.5) is 8.78 Å². The van der Waals surface area contributed by atoms with E-state index in [-0.39, 0.29) is 11.3 Å². The third-order valence-corrected chi connectivity index (χ3v) is 3.75. The second-order valence-corrected chi connectivity index (χ2v) is 6.19. The molecule has 0 aliphatic heterocycles. The largest absolute Gasteiger partial charge is 0.452 e. The summed E-state index contributed by atoms with van der Waals surface area (Å²) in [6.07, 6.45) is 2.67. The molecule has 146 valence electrons. The number of amides is 2. The Morgan fingerprint density at radius 3 is 2.29 bits per heavy atom. The van der Waals surface area contributed by atoms with Gasteiger partial charge in [-0.15, -0.1) is 0 Å². The molecule has 2 aromatic carbocycles. The number of halogens is 3. The predicted octanol–water partition coefficient (Wildman–Crippen LogP) is 3.56. The first-order valence-electron chi connectivity index (χ1n) is 7.83. The predicted molar refractivity (Wildman–Crippen MR) is 99.7 cm³/mol. The number of imide groups is 1. The highest BCUT2D eigenvalue weighted by Gasteiger charge is 2.12. The lowest BCUT2D eigenvalue weighted by molar-refractivity contribution is -0.143. The molecule has 0 radical (unpaired) electrons. The molecule has 28 heavy (non-hydrogen) atoms. The van der Waals surface area contributed by atoms with E-state index in [1.165, 1.54) is 30.3 Å². The van der Waals surface area contributed by atoms with Crippen molar-refractivity contribution in [3.8, 4) is 5.75 Å². The molecule has 0 saturated carbocycles. The molecule has 0 aliphatic rings. The van der Waals surface area contributed by atoms with Gasteiger partial charge >= 0.3 is 12.6 Å². The number of rotatable bonds is 7. The Morgan fingerprint density at radius 2 is 1.68 bits per heavy atom. The van der Waals surface area contributed by atoms with Crippen molar-refractivity contribution in [2.75, 3.05) is 6.61 Å². The molecule has 2 aromatic rings. The van der Waals surface area contributed by atoms with Gasteiger partial charge in [0.25, 0.3) is 11.8 Å². The fraction of sp³-hybridized carbons (Fsp3) is 0.105. The fourth-order valence-electron chi connectivity index (χ4n) is 1.95. The fourth-order valence-corrected chi connectivity index (χ4v) is 2.21. The van der Waals surface area contributed by atoms with Crippen molar-refractivity contribution in [1.29, 1.82) is 0 Å². The highest BCUT2D eigenvalue weighted by Crippen LogP contribution is 2.15. The summed E-state index contributed by atoms with van der Waals surface area (Å²) in [6.45, 7) is -3.63. The standard InChI is InChI=1S/C19H14BrF2NO5/c20-14-6-1-12(2-7-14)3-10-17(25)27-11-16(24)23-18(26)13-4-8-15(9-5-13)28-19(21)22/h1-10,19H,11H2,(H,23,24,26)/b10-3+. The quantitative estimate of drug-likeness (QED) is 0.511. The molecular weight excluding hydrogens is 440 g/mol. The van der Waals surface area contributed by atoms with Crippen LogP contribution in [0.2, 0.25) is 0 Å². The zero-order chi connectivity index (χ0) is 20.5. The van der Waals surface area contributed by atoms with Crippen LogP contribution in [-0.4, -0.2) is 31.0 Å². The Hall–Kier alpha value is -3.07. The molecule has 0 unspecified atom stereocenters. The topological polar surface area (TPSA) is 81.7 Å². The molecule has 0 atom stereocenters. The maximum atomic E-state index is 12.1. The molecule has 0 spiro atoms. The number of esters is 1. The van der Waals surface area contributed by atoms with Gasteiger partial charge in [-0.05, 0) is 48.0 Å². The summed E-state index contributed by atoms with van der Waals surface area (Å²) in [5.41, 5.74) is 0.815. The van der Waals surface area contributed by atoms with Crippen LogP contribution in [0.1, 0.15) is 15.9 Å². The van der Waals surface area contributed by atoms with Crippen molar-refractivity contribution in [2.45, 2.75) is 6.61 Å². The number of carbonyl (C=O) groups excluding carboxylic acids is 3. The summed E-state index contributed by atoms with van der Waals surface area (Å²) in [7, 11) is 0. The van der Waals surface area contributed by atoms with Crippen molar-refractivity contribution in [3.63, 3.8) is 0 Å². The summed E-state index contributed by atoms with van der Waals surface area (Å²) in [5, 5.41) is 2.02. The van der Waals surface area contributed by atoms with E-state index in [1.54, 1.807) is 24.3 Å². The number of hydrogen-bond donors (Lipinski definition) is 1. The van der Waals surface area contributed by atoms with Crippen LogP contribution in [0, 0.1) is 0 Å². The van der Waals surface area contributed by atoms with Crippen LogP contribution in [-0.2, 0) is 14.3 Å². The van der Waals surface area contributed by atoms with Gasteiger partial charge in [0, 0.05) is 16.1 Å². The van der Waals surface area contributed by atoms with Crippen molar-refractivity contribution in [2.24, 2.45) is 0 Å². The van der Waals surface area contributed by atoms with Gasteiger partial charge in [0.05, 0.1) is 0 Å². The van der Waals surface area contributed by atoms with Crippen LogP contribution in [0.25, 0.3) is 6.08 Å². The summed E-state index contributed by atoms with van der Waals surface area (Å²) in [6, 6.07) is 11.9. The summed E-state index contributed by atoms with van der Waals surface area (Å²) < 4.78 is 33.9. The number of ether oxygens (including phenoxy) is 2. The van der Waals surface area contributed by atoms with Crippen LogP contribution in [0.3, 0.4) is 0 Å². The van der Waals surface area contributed by atoms with E-state index in [0.717, 1.165) is 16.1 Å². The van der Waals surface area contributed by atoms with Crippen LogP contribution < -0.4 is 10.1 Å². The monoisotopic (exact) mass is 453 g/mol. The Kier molecular flexibility index (Phi) is 7.82. The van der Waals surface area contributed by atoms with Crippen molar-refractivity contribution < 1.29 is 32.6 Å². The van der Waals surface area contributed by atoms with Crippen molar-refractivity contribution in [1.82, 2.24) is 5.32 Å². The molecule has 0 aliphatic carbocycles. The number of nitrogens with one attached hydrogen (secondary N) is 1. The van der Waals surface area contributed by atoms with Gasteiger partial charge in [0.2, 0.25) is 0 Å². The Bertz CT molecular complexity index is 867. The second-order valence-electron chi connectivity index (χ2n) is 5.27. The van der Waals surface area contributed by atoms with Gasteiger partial charge in [0.15, 0.2) is 6.61 Å². The molecule has 0 saturated heterocycles. The Morgan fingerprint density at radius 1 is 1.04 bits per heavy atom. The van der Waals surface area contributed by atoms with E-state index in [2.05, 4.69) is 20.7 Å². The molecule has 0 fully saturated rings. The SMILES string of the molecule is O=C(COC(=O)/C=C/c1ccc(Br)cc1)NC(=O)c1ccc(OC(F)F)cc1. The van der Waals surface area contributed by atoms with Gasteiger partial charge in [-0.2, -0.15) is 8.78 Å². The van der Waals surface area contributed by atoms with Gasteiger partial charge in [-0.25, -0.2) is 4.79 Å². The van der Waals surface area contributed by atoms with Crippen molar-refractivity contribution >= 4 is 39.8 Å². The molecule has 2 amide bonds. The van der Waals surface area contributed by atoms with Gasteiger partial charge in [-0.1, -0.05) is 28.1 Å². The molecule has 2 rings (SSSR count). The summed E-state index contributed by atoms with van der Waals surface area (Å²) in [4.78, 5) is 35.2. The molecule has 6 nitrogen and oxygen atoms in total. The molecule has 0 heterocycles. The molecular formula is C19H14BrF2NO5. The van der Waals surface area contributed by atoms with E-state index in [1.807, 2.05) is 5.32 Å². The Labute approximate surface area is 167 Å². The lowest BCUT2D eigenvalue weighted by atomic mass is 10.2. The highest BCUT2D eigenvalue weighted by molar-refractivity contribution is 9.10. The van der Waals surface area contributed by atoms with Gasteiger partial charge in [0.1, 0.15) is 5.75 Å². The van der Waals surface area contributed by atoms with Crippen molar-refractivity contribution in [3.05, 3.63) is 70.2 Å². The zero-order valence-electron chi connectivity index (χ0n) is 14.2. The van der Waals surface area contributed by atoms with Gasteiger partial charge in [-0.3, -0.25) is 14.9 Å². The Balaban J connectivity index is 1.78. The minimum absolute atomic E-state index is 0.0522. The smallest absolute Gasteiger partial charge is 0.387 e. The maximum Gasteiger partial charge on any atom is 0.387 e. The first kappa shape index (κ1) is 21.2. The summed E-state index contributed by atoms with van der Waals surface area (Å²) in [5.74, 6) is -2.47. The average molecular weight is 454 g/mol. The van der Waals surface area contributed by atoms with Gasteiger partial charge < -0.3 is 9.47 Å². The second kappa shape index (κ2) is 10.3.